The molecule has 408 valence electrons. The quantitative estimate of drug-likeness (QED) is 0.0396. The molecule has 0 aromatic heterocycles. The number of nitrogens with two attached hydrogens (primary N) is 2. The Morgan fingerprint density at radius 1 is 0.630 bits per heavy atom. The van der Waals surface area contributed by atoms with E-state index in [4.69, 9.17) is 11.5 Å². The largest absolute Gasteiger partial charge is 0.481 e. The van der Waals surface area contributed by atoms with Gasteiger partial charge in [-0.2, -0.15) is 0 Å². The molecule has 0 radical (unpaired) electrons. The molecule has 0 aliphatic carbocycles. The number of nitrogens with zero attached hydrogens (tertiary/aromatic N) is 1. The van der Waals surface area contributed by atoms with Gasteiger partial charge in [-0.1, -0.05) is 78.3 Å². The Bertz CT molecular complexity index is 2070. The number of carbonyl (C=O) groups excluding carboxylic acids is 8. The van der Waals surface area contributed by atoms with Gasteiger partial charge in [-0.05, 0) is 88.2 Å². The van der Waals surface area contributed by atoms with Gasteiger partial charge >= 0.3 is 17.9 Å². The second-order valence-corrected chi connectivity index (χ2v) is 19.5. The third-order valence-corrected chi connectivity index (χ3v) is 12.3. The first-order chi connectivity index (χ1) is 34.3. The molecule has 24 heteroatoms. The highest BCUT2D eigenvalue weighted by molar-refractivity contribution is 5.99. The fourth-order valence-corrected chi connectivity index (χ4v) is 8.09. The molecule has 1 heterocycles. The van der Waals surface area contributed by atoms with Crippen molar-refractivity contribution in [2.45, 2.75) is 173 Å². The van der Waals surface area contributed by atoms with Crippen LogP contribution in [0.15, 0.2) is 30.3 Å². The van der Waals surface area contributed by atoms with Gasteiger partial charge in [0.05, 0.1) is 18.9 Å². The molecule has 0 unspecified atom stereocenters. The van der Waals surface area contributed by atoms with Gasteiger partial charge in [-0.25, -0.2) is 4.79 Å². The monoisotopic (exact) mass is 1030 g/mol. The Labute approximate surface area is 426 Å². The number of carboxylic acid groups (broad SMARTS) is 3. The lowest BCUT2D eigenvalue weighted by molar-refractivity contribution is -0.144. The van der Waals surface area contributed by atoms with Crippen molar-refractivity contribution in [3.05, 3.63) is 35.9 Å². The minimum atomic E-state index is -1.75. The van der Waals surface area contributed by atoms with Crippen LogP contribution in [-0.2, 0) is 59.2 Å². The highest BCUT2D eigenvalue weighted by Crippen LogP contribution is 2.21. The van der Waals surface area contributed by atoms with Gasteiger partial charge < -0.3 is 68.9 Å². The Balaban J connectivity index is 2.26. The van der Waals surface area contributed by atoms with Crippen LogP contribution < -0.4 is 48.7 Å². The maximum absolute atomic E-state index is 14.1. The highest BCUT2D eigenvalue weighted by Gasteiger charge is 2.41. The van der Waals surface area contributed by atoms with Gasteiger partial charge in [0.25, 0.3) is 0 Å². The molecular weight excluding hydrogens is 953 g/mol. The van der Waals surface area contributed by atoms with Crippen LogP contribution in [0.3, 0.4) is 0 Å². The summed E-state index contributed by atoms with van der Waals surface area (Å²) in [6.07, 6.45) is 0.0502. The second-order valence-electron chi connectivity index (χ2n) is 19.5. The maximum atomic E-state index is 14.1. The zero-order valence-electron chi connectivity index (χ0n) is 42.9. The minimum absolute atomic E-state index is 0.0140. The Hall–Kier alpha value is -6.69. The number of amides is 8. The standard InChI is InChI=1S/C49H78N10O14/c1-8-28(6)40(47(70)55-34(25-39(62)63)45(68)57-36(49(72)73)22-27(4)5)58-41(64)29(7)52-43(66)32(17-12-13-19-50)53-44(67)33(24-38(60)61)54-46(69)37-18-14-20-59(37)48(71)35(21-26(2)3)56-42(65)31(51)23-30-15-10-9-11-16-30/h9-11,15-16,26-29,31-37,40H,8,12-14,17-25,50-51H2,1-7H3,(H,52,66)(H,53,67)(H,54,69)(H,55,70)(H,56,65)(H,57,68)(H,58,64)(H,60,61)(H,62,63)(H,72,73)/t28-,29-,31-,32-,33-,34-,35-,36-,37-,40-/m0/s1. The number of hydrogen-bond acceptors (Lipinski definition) is 13. The lowest BCUT2D eigenvalue weighted by Crippen LogP contribution is -2.60. The minimum Gasteiger partial charge on any atom is -0.481 e. The zero-order chi connectivity index (χ0) is 55.1. The van der Waals surface area contributed by atoms with E-state index >= 15 is 0 Å². The molecule has 0 spiro atoms. The van der Waals surface area contributed by atoms with E-state index in [1.165, 1.54) is 11.8 Å². The number of aliphatic carboxylic acids is 3. The molecule has 1 aliphatic heterocycles. The van der Waals surface area contributed by atoms with E-state index in [1.807, 2.05) is 44.2 Å². The highest BCUT2D eigenvalue weighted by atomic mass is 16.4. The molecule has 0 bridgehead atoms. The van der Waals surface area contributed by atoms with Gasteiger partial charge in [-0.15, -0.1) is 0 Å². The van der Waals surface area contributed by atoms with Crippen molar-refractivity contribution in [2.24, 2.45) is 29.2 Å². The molecule has 1 aromatic carbocycles. The number of carboxylic acids is 3. The predicted molar refractivity (Wildman–Crippen MR) is 265 cm³/mol. The molecule has 1 saturated heterocycles. The number of nitrogens with one attached hydrogen (secondary N) is 7. The third-order valence-electron chi connectivity index (χ3n) is 12.3. The lowest BCUT2D eigenvalue weighted by atomic mass is 9.97. The van der Waals surface area contributed by atoms with Crippen molar-refractivity contribution in [3.8, 4) is 0 Å². The first-order valence-corrected chi connectivity index (χ1v) is 24.9. The van der Waals surface area contributed by atoms with Crippen molar-refractivity contribution in [1.82, 2.24) is 42.1 Å². The number of carbonyl (C=O) groups is 11. The molecule has 1 aromatic rings. The molecule has 0 saturated carbocycles. The second kappa shape index (κ2) is 31.0. The average molecular weight is 1030 g/mol. The van der Waals surface area contributed by atoms with Crippen molar-refractivity contribution < 1.29 is 68.1 Å². The average Bonchev–Trinajstić information content (AvgIpc) is 3.81. The predicted octanol–water partition coefficient (Wildman–Crippen LogP) is -0.738. The fraction of sp³-hybridized carbons (Fsp3) is 0.653. The molecule has 2 rings (SSSR count). The van der Waals surface area contributed by atoms with Gasteiger partial charge in [0.15, 0.2) is 0 Å². The number of likely N-dealkylation sites (tertiary alicyclic amines) is 1. The topological polar surface area (TPSA) is 388 Å². The van der Waals surface area contributed by atoms with Crippen molar-refractivity contribution in [1.29, 1.82) is 0 Å². The van der Waals surface area contributed by atoms with Crippen LogP contribution in [0, 0.1) is 17.8 Å². The summed E-state index contributed by atoms with van der Waals surface area (Å²) >= 11 is 0. The molecule has 24 nitrogen and oxygen atoms in total. The van der Waals surface area contributed by atoms with Gasteiger partial charge in [-0.3, -0.25) is 47.9 Å². The summed E-state index contributed by atoms with van der Waals surface area (Å²) in [6.45, 7) is 12.1. The number of rotatable bonds is 32. The molecule has 73 heavy (non-hydrogen) atoms. The summed E-state index contributed by atoms with van der Waals surface area (Å²) in [4.78, 5) is 146. The molecule has 8 amide bonds. The molecule has 1 aliphatic rings. The van der Waals surface area contributed by atoms with E-state index in [-0.39, 0.29) is 63.5 Å². The van der Waals surface area contributed by atoms with Crippen LogP contribution in [0.1, 0.15) is 118 Å². The Kier molecular flexibility index (Phi) is 26.5. The third kappa shape index (κ3) is 21.5. The zero-order valence-corrected chi connectivity index (χ0v) is 42.9. The van der Waals surface area contributed by atoms with Crippen LogP contribution >= 0.6 is 0 Å². The van der Waals surface area contributed by atoms with Gasteiger partial charge in [0, 0.05) is 6.54 Å². The summed E-state index contributed by atoms with van der Waals surface area (Å²) in [5, 5.41) is 46.2. The molecular formula is C49H78N10O14. The van der Waals surface area contributed by atoms with Crippen LogP contribution in [0.2, 0.25) is 0 Å². The van der Waals surface area contributed by atoms with Crippen LogP contribution in [0.4, 0.5) is 0 Å². The first kappa shape index (κ1) is 62.4. The first-order valence-electron chi connectivity index (χ1n) is 24.9. The van der Waals surface area contributed by atoms with Gasteiger partial charge in [0.1, 0.15) is 48.3 Å². The lowest BCUT2D eigenvalue weighted by Gasteiger charge is -2.31. The summed E-state index contributed by atoms with van der Waals surface area (Å²) in [5.74, 6) is -12.1. The molecule has 10 atom stereocenters. The van der Waals surface area contributed by atoms with E-state index in [0.717, 1.165) is 5.56 Å². The van der Waals surface area contributed by atoms with E-state index < -0.39 is 138 Å². The van der Waals surface area contributed by atoms with Crippen molar-refractivity contribution >= 4 is 65.2 Å². The van der Waals surface area contributed by atoms with E-state index in [0.29, 0.717) is 19.3 Å². The Morgan fingerprint density at radius 2 is 1.15 bits per heavy atom. The van der Waals surface area contributed by atoms with E-state index in [1.54, 1.807) is 27.7 Å². The van der Waals surface area contributed by atoms with Crippen molar-refractivity contribution in [2.75, 3.05) is 13.1 Å². The molecule has 14 N–H and O–H groups in total. The van der Waals surface area contributed by atoms with Gasteiger partial charge in [0.2, 0.25) is 47.3 Å². The summed E-state index contributed by atoms with van der Waals surface area (Å²) in [6, 6.07) is -3.15. The molecule has 1 fully saturated rings. The van der Waals surface area contributed by atoms with E-state index in [9.17, 15) is 68.1 Å². The number of hydrogen-bond donors (Lipinski definition) is 12. The van der Waals surface area contributed by atoms with Crippen molar-refractivity contribution in [3.63, 3.8) is 0 Å². The van der Waals surface area contributed by atoms with Crippen LogP contribution in [0.5, 0.6) is 0 Å². The van der Waals surface area contributed by atoms with Crippen LogP contribution in [0.25, 0.3) is 0 Å². The summed E-state index contributed by atoms with van der Waals surface area (Å²) < 4.78 is 0. The normalized spacial score (nSPS) is 17.0. The van der Waals surface area contributed by atoms with Crippen LogP contribution in [-0.4, -0.2) is 153 Å². The summed E-state index contributed by atoms with van der Waals surface area (Å²) in [7, 11) is 0. The van der Waals surface area contributed by atoms with E-state index in [2.05, 4.69) is 37.2 Å². The number of unbranched alkanes of at least 4 members (excludes halogenated alkanes) is 1. The fourth-order valence-electron chi connectivity index (χ4n) is 8.09. The number of benzene rings is 1. The maximum Gasteiger partial charge on any atom is 0.326 e. The Morgan fingerprint density at radius 3 is 1.68 bits per heavy atom. The summed E-state index contributed by atoms with van der Waals surface area (Å²) in [5.41, 5.74) is 12.7. The SMILES string of the molecule is CC[C@H](C)[C@H](NC(=O)[C@H](C)NC(=O)[C@H](CCCCN)NC(=O)[C@H](CC(=O)O)NC(=O)[C@@H]1CCCN1C(=O)[C@H](CC(C)C)NC(=O)[C@@H](N)Cc1ccccc1)C(=O)N[C@@H](CC(=O)O)C(=O)N[C@@H](CC(C)C)C(=O)O. The smallest absolute Gasteiger partial charge is 0.326 e.